The Bertz CT molecular complexity index is 596. The maximum Gasteiger partial charge on any atom is 0.410 e. The first-order valence-electron chi connectivity index (χ1n) is 9.60. The summed E-state index contributed by atoms with van der Waals surface area (Å²) < 4.78 is 10.6. The van der Waals surface area contributed by atoms with Crippen LogP contribution in [-0.2, 0) is 13.7 Å². The van der Waals surface area contributed by atoms with Crippen LogP contribution in [0.1, 0.15) is 59.3 Å². The molecule has 27 heavy (non-hydrogen) atoms. The van der Waals surface area contributed by atoms with E-state index in [2.05, 4.69) is 4.98 Å². The molecule has 150 valence electrons. The van der Waals surface area contributed by atoms with Crippen molar-refractivity contribution < 1.29 is 18.5 Å². The Kier molecular flexibility index (Phi) is 8.41. The number of hydrogen-bond donors (Lipinski definition) is 0. The van der Waals surface area contributed by atoms with E-state index in [0.717, 1.165) is 57.2 Å². The summed E-state index contributed by atoms with van der Waals surface area (Å²) in [5, 5.41) is 0.683. The number of carbonyl (C=O) groups is 2. The van der Waals surface area contributed by atoms with Crippen molar-refractivity contribution in [1.29, 1.82) is 0 Å². The molecule has 0 saturated carbocycles. The quantitative estimate of drug-likeness (QED) is 0.487. The van der Waals surface area contributed by atoms with Gasteiger partial charge in [0.05, 0.1) is 0 Å². The number of pyridine rings is 1. The number of piperidine rings is 1. The van der Waals surface area contributed by atoms with Crippen molar-refractivity contribution >= 4 is 24.1 Å². The molecule has 0 N–H and O–H groups in total. The lowest BCUT2D eigenvalue weighted by Crippen LogP contribution is -2.41. The number of amides is 1. The zero-order valence-electron chi connectivity index (χ0n) is 16.5. The molecule has 7 heteroatoms. The largest absolute Gasteiger partial charge is 0.444 e. The summed E-state index contributed by atoms with van der Waals surface area (Å²) in [6.07, 6.45) is 6.80. The summed E-state index contributed by atoms with van der Waals surface area (Å²) in [7, 11) is 0. The molecule has 0 atom stereocenters. The second-order valence-electron chi connectivity index (χ2n) is 7.86. The molecule has 0 aromatic carbocycles. The molecule has 1 aliphatic heterocycles. The average molecular weight is 395 g/mol. The van der Waals surface area contributed by atoms with E-state index in [1.54, 1.807) is 11.1 Å². The van der Waals surface area contributed by atoms with E-state index in [9.17, 15) is 9.59 Å². The normalized spacial score (nSPS) is 15.4. The molecule has 0 radical (unpaired) electrons. The molecule has 1 amide bonds. The molecular weight excluding hydrogens is 364 g/mol. The van der Waals surface area contributed by atoms with Gasteiger partial charge in [0.1, 0.15) is 22.7 Å². The summed E-state index contributed by atoms with van der Waals surface area (Å²) in [6, 6.07) is 5.49. The Morgan fingerprint density at radius 3 is 2.59 bits per heavy atom. The molecule has 1 aromatic heterocycles. The minimum atomic E-state index is -0.447. The predicted octanol–water partition coefficient (Wildman–Crippen LogP) is 4.84. The van der Waals surface area contributed by atoms with Crippen molar-refractivity contribution in [2.45, 2.75) is 69.9 Å². The monoisotopic (exact) mass is 394 g/mol. The molecule has 2 heterocycles. The number of hydrogen-bond acceptors (Lipinski definition) is 6. The van der Waals surface area contributed by atoms with Gasteiger partial charge in [-0.25, -0.2) is 9.78 Å². The summed E-state index contributed by atoms with van der Waals surface area (Å²) in [6.45, 7) is 7.16. The molecule has 0 aliphatic carbocycles. The topological polar surface area (TPSA) is 68.7 Å². The molecule has 1 aromatic rings. The number of rotatable bonds is 7. The molecular formula is C20H30N2O4S. The standard InChI is InChI=1S/C20H30N2O4S/c1-20(2,3)25-19(24)22-14-11-16(12-15-22)8-4-5-10-18(23)26-27-17-9-6-7-13-21-17/h6-7,9,13,16H,4-5,8,10-12,14-15H2,1-3H3. The highest BCUT2D eigenvalue weighted by atomic mass is 32.2. The minimum Gasteiger partial charge on any atom is -0.444 e. The number of carbonyl (C=O) groups excluding carboxylic acids is 2. The highest BCUT2D eigenvalue weighted by molar-refractivity contribution is 7.95. The van der Waals surface area contributed by atoms with E-state index in [4.69, 9.17) is 8.92 Å². The van der Waals surface area contributed by atoms with E-state index in [1.165, 1.54) is 0 Å². The summed E-state index contributed by atoms with van der Waals surface area (Å²) >= 11 is 1.01. The number of likely N-dealkylation sites (tertiary alicyclic amines) is 1. The summed E-state index contributed by atoms with van der Waals surface area (Å²) in [5.41, 5.74) is -0.447. The van der Waals surface area contributed by atoms with Crippen LogP contribution in [0, 0.1) is 5.92 Å². The fraction of sp³-hybridized carbons (Fsp3) is 0.650. The van der Waals surface area contributed by atoms with Gasteiger partial charge in [-0.3, -0.25) is 4.79 Å². The lowest BCUT2D eigenvalue weighted by molar-refractivity contribution is -0.133. The van der Waals surface area contributed by atoms with Gasteiger partial charge in [0, 0.05) is 25.7 Å². The Labute approximate surface area is 166 Å². The molecule has 1 fully saturated rings. The van der Waals surface area contributed by atoms with Crippen LogP contribution in [-0.4, -0.2) is 40.6 Å². The van der Waals surface area contributed by atoms with E-state index in [0.29, 0.717) is 17.4 Å². The second-order valence-corrected chi connectivity index (χ2v) is 8.61. The van der Waals surface area contributed by atoms with Crippen LogP contribution in [0.25, 0.3) is 0 Å². The second kappa shape index (κ2) is 10.5. The highest BCUT2D eigenvalue weighted by Crippen LogP contribution is 2.24. The number of ether oxygens (including phenoxy) is 1. The molecule has 1 saturated heterocycles. The van der Waals surface area contributed by atoms with Gasteiger partial charge in [0.2, 0.25) is 0 Å². The van der Waals surface area contributed by atoms with Crippen molar-refractivity contribution in [2.24, 2.45) is 5.92 Å². The van der Waals surface area contributed by atoms with E-state index in [1.807, 2.05) is 39.0 Å². The third kappa shape index (κ3) is 8.65. The van der Waals surface area contributed by atoms with Crippen LogP contribution < -0.4 is 0 Å². The van der Waals surface area contributed by atoms with Gasteiger partial charge < -0.3 is 13.8 Å². The third-order valence-corrected chi connectivity index (χ3v) is 5.05. The van der Waals surface area contributed by atoms with Crippen LogP contribution in [0.5, 0.6) is 0 Å². The fourth-order valence-corrected chi connectivity index (χ4v) is 3.46. The van der Waals surface area contributed by atoms with Gasteiger partial charge >= 0.3 is 12.1 Å². The van der Waals surface area contributed by atoms with E-state index in [-0.39, 0.29) is 12.1 Å². The number of aromatic nitrogens is 1. The average Bonchev–Trinajstić information content (AvgIpc) is 2.63. The van der Waals surface area contributed by atoms with Crippen molar-refractivity contribution in [3.63, 3.8) is 0 Å². The summed E-state index contributed by atoms with van der Waals surface area (Å²) in [4.78, 5) is 29.7. The zero-order chi connectivity index (χ0) is 19.7. The van der Waals surface area contributed by atoms with Gasteiger partial charge in [-0.1, -0.05) is 18.9 Å². The van der Waals surface area contributed by atoms with Gasteiger partial charge in [0.25, 0.3) is 0 Å². The number of unbranched alkanes of at least 4 members (excludes halogenated alkanes) is 1. The molecule has 0 bridgehead atoms. The Morgan fingerprint density at radius 2 is 1.96 bits per heavy atom. The Morgan fingerprint density at radius 1 is 1.22 bits per heavy atom. The highest BCUT2D eigenvalue weighted by Gasteiger charge is 2.26. The molecule has 0 spiro atoms. The van der Waals surface area contributed by atoms with Gasteiger partial charge in [-0.05, 0) is 58.1 Å². The van der Waals surface area contributed by atoms with E-state index < -0.39 is 5.60 Å². The molecule has 1 aliphatic rings. The van der Waals surface area contributed by atoms with Crippen molar-refractivity contribution in [2.75, 3.05) is 13.1 Å². The van der Waals surface area contributed by atoms with Crippen LogP contribution in [0.15, 0.2) is 29.4 Å². The van der Waals surface area contributed by atoms with Crippen molar-refractivity contribution in [3.8, 4) is 0 Å². The fourth-order valence-electron chi connectivity index (χ4n) is 2.96. The lowest BCUT2D eigenvalue weighted by Gasteiger charge is -2.33. The minimum absolute atomic E-state index is 0.203. The van der Waals surface area contributed by atoms with E-state index >= 15 is 0 Å². The third-order valence-electron chi connectivity index (χ3n) is 4.37. The Balaban J connectivity index is 1.54. The molecule has 6 nitrogen and oxygen atoms in total. The SMILES string of the molecule is CC(C)(C)OC(=O)N1CCC(CCCCC(=O)OSc2ccccn2)CC1. The van der Waals surface area contributed by atoms with Crippen molar-refractivity contribution in [3.05, 3.63) is 24.4 Å². The van der Waals surface area contributed by atoms with Gasteiger partial charge in [-0.15, -0.1) is 0 Å². The number of nitrogens with zero attached hydrogens (tertiary/aromatic N) is 2. The van der Waals surface area contributed by atoms with Crippen LogP contribution in [0.4, 0.5) is 4.79 Å². The lowest BCUT2D eigenvalue weighted by atomic mass is 9.91. The predicted molar refractivity (Wildman–Crippen MR) is 105 cm³/mol. The van der Waals surface area contributed by atoms with Crippen LogP contribution >= 0.6 is 12.0 Å². The first-order valence-corrected chi connectivity index (χ1v) is 10.3. The van der Waals surface area contributed by atoms with Crippen LogP contribution in [0.3, 0.4) is 0 Å². The van der Waals surface area contributed by atoms with Crippen molar-refractivity contribution in [1.82, 2.24) is 9.88 Å². The zero-order valence-corrected chi connectivity index (χ0v) is 17.3. The first-order chi connectivity index (χ1) is 12.8. The molecule has 0 unspecified atom stereocenters. The molecule has 2 rings (SSSR count). The van der Waals surface area contributed by atoms with Gasteiger partial charge in [0.15, 0.2) is 0 Å². The maximum absolute atomic E-state index is 12.1. The smallest absolute Gasteiger partial charge is 0.410 e. The Hall–Kier alpha value is -1.76. The maximum atomic E-state index is 12.1. The first kappa shape index (κ1) is 21.5. The summed E-state index contributed by atoms with van der Waals surface area (Å²) in [5.74, 6) is 0.410. The van der Waals surface area contributed by atoms with Gasteiger partial charge in [-0.2, -0.15) is 0 Å². The van der Waals surface area contributed by atoms with Crippen LogP contribution in [0.2, 0.25) is 0 Å².